The number of amides is 1. The molecule has 0 radical (unpaired) electrons. The number of rotatable bonds is 5. The first kappa shape index (κ1) is 19.8. The fraction of sp³-hybridized carbons (Fsp3) is 0.222. The van der Waals surface area contributed by atoms with Crippen LogP contribution in [0.15, 0.2) is 42.5 Å². The first-order valence-electron chi connectivity index (χ1n) is 7.98. The molecule has 136 valence electrons. The van der Waals surface area contributed by atoms with E-state index in [4.69, 9.17) is 23.8 Å². The first-order valence-corrected chi connectivity index (χ1v) is 8.77. The van der Waals surface area contributed by atoms with E-state index in [2.05, 4.69) is 24.5 Å². The Morgan fingerprint density at radius 3 is 2.65 bits per heavy atom. The lowest BCUT2D eigenvalue weighted by Gasteiger charge is -2.17. The van der Waals surface area contributed by atoms with Crippen LogP contribution < -0.4 is 10.6 Å². The highest BCUT2D eigenvalue weighted by molar-refractivity contribution is 7.80. The molecule has 2 aromatic rings. The van der Waals surface area contributed by atoms with E-state index >= 15 is 0 Å². The molecule has 0 saturated carbocycles. The van der Waals surface area contributed by atoms with Gasteiger partial charge in [-0.15, -0.1) is 0 Å². The number of carbonyl (C=O) groups excluding carboxylic acids is 1. The highest BCUT2D eigenvalue weighted by Gasteiger charge is 2.17. The van der Waals surface area contributed by atoms with Crippen LogP contribution in [0.25, 0.3) is 0 Å². The molecule has 26 heavy (non-hydrogen) atoms. The van der Waals surface area contributed by atoms with Crippen LogP contribution in [0, 0.1) is 10.1 Å². The van der Waals surface area contributed by atoms with Crippen LogP contribution in [-0.4, -0.2) is 15.9 Å². The Labute approximate surface area is 161 Å². The van der Waals surface area contributed by atoms with Crippen molar-refractivity contribution in [3.05, 3.63) is 68.7 Å². The zero-order valence-electron chi connectivity index (χ0n) is 14.3. The van der Waals surface area contributed by atoms with Gasteiger partial charge in [0.2, 0.25) is 0 Å². The number of hydrogen-bond acceptors (Lipinski definition) is 4. The smallest absolute Gasteiger partial charge is 0.270 e. The molecule has 0 aliphatic heterocycles. The molecule has 0 spiro atoms. The molecule has 0 aliphatic rings. The van der Waals surface area contributed by atoms with E-state index in [1.807, 2.05) is 24.3 Å². The van der Waals surface area contributed by atoms with Crippen molar-refractivity contribution >= 4 is 46.2 Å². The van der Waals surface area contributed by atoms with E-state index in [9.17, 15) is 14.9 Å². The average Bonchev–Trinajstić information content (AvgIpc) is 2.61. The molecular weight excluding hydrogens is 374 g/mol. The number of nitro groups is 1. The van der Waals surface area contributed by atoms with Crippen molar-refractivity contribution in [1.29, 1.82) is 0 Å². The van der Waals surface area contributed by atoms with Crippen molar-refractivity contribution in [2.45, 2.75) is 26.2 Å². The Hall–Kier alpha value is -2.51. The van der Waals surface area contributed by atoms with Crippen LogP contribution in [0.3, 0.4) is 0 Å². The van der Waals surface area contributed by atoms with Gasteiger partial charge in [0, 0.05) is 17.8 Å². The predicted molar refractivity (Wildman–Crippen MR) is 107 cm³/mol. The summed E-state index contributed by atoms with van der Waals surface area (Å²) in [6.07, 6.45) is 0.959. The van der Waals surface area contributed by atoms with Gasteiger partial charge in [-0.05, 0) is 42.3 Å². The molecule has 8 heteroatoms. The lowest BCUT2D eigenvalue weighted by molar-refractivity contribution is -0.384. The van der Waals surface area contributed by atoms with Gasteiger partial charge in [-0.2, -0.15) is 0 Å². The lowest BCUT2D eigenvalue weighted by Crippen LogP contribution is -2.34. The minimum atomic E-state index is -0.614. The number of benzene rings is 2. The van der Waals surface area contributed by atoms with Crippen molar-refractivity contribution in [3.8, 4) is 0 Å². The molecule has 0 aliphatic carbocycles. The van der Waals surface area contributed by atoms with Gasteiger partial charge in [0.25, 0.3) is 11.6 Å². The van der Waals surface area contributed by atoms with E-state index < -0.39 is 10.8 Å². The van der Waals surface area contributed by atoms with Gasteiger partial charge >= 0.3 is 0 Å². The number of nitrogens with one attached hydrogen (secondary N) is 2. The third kappa shape index (κ3) is 4.77. The van der Waals surface area contributed by atoms with E-state index in [1.54, 1.807) is 0 Å². The highest BCUT2D eigenvalue weighted by Crippen LogP contribution is 2.26. The van der Waals surface area contributed by atoms with Crippen molar-refractivity contribution in [2.24, 2.45) is 0 Å². The van der Waals surface area contributed by atoms with E-state index in [0.717, 1.165) is 23.7 Å². The predicted octanol–water partition coefficient (Wildman–Crippen LogP) is 4.89. The number of anilines is 1. The zero-order chi connectivity index (χ0) is 19.3. The summed E-state index contributed by atoms with van der Waals surface area (Å²) in [4.78, 5) is 22.7. The van der Waals surface area contributed by atoms with Gasteiger partial charge < -0.3 is 5.32 Å². The minimum absolute atomic E-state index is 0.0137. The Kier molecular flexibility index (Phi) is 6.65. The van der Waals surface area contributed by atoms with Crippen LogP contribution in [0.1, 0.15) is 42.1 Å². The third-order valence-corrected chi connectivity index (χ3v) is 4.52. The minimum Gasteiger partial charge on any atom is -0.332 e. The molecule has 0 unspecified atom stereocenters. The van der Waals surface area contributed by atoms with Crippen LogP contribution in [0.2, 0.25) is 5.02 Å². The van der Waals surface area contributed by atoms with Crippen LogP contribution in [0.4, 0.5) is 11.4 Å². The number of nitrogens with zero attached hydrogens (tertiary/aromatic N) is 1. The van der Waals surface area contributed by atoms with Crippen molar-refractivity contribution < 1.29 is 9.72 Å². The van der Waals surface area contributed by atoms with Gasteiger partial charge in [-0.3, -0.25) is 20.2 Å². The molecule has 1 atom stereocenters. The van der Waals surface area contributed by atoms with Gasteiger partial charge in [-0.1, -0.05) is 43.6 Å². The van der Waals surface area contributed by atoms with E-state index in [-0.39, 0.29) is 21.4 Å². The SMILES string of the molecule is CC[C@H](C)c1ccccc1NC(=S)NC(=O)c1cc([N+](=O)[O-])ccc1Cl. The summed E-state index contributed by atoms with van der Waals surface area (Å²) in [6.45, 7) is 4.19. The van der Waals surface area contributed by atoms with E-state index in [0.29, 0.717) is 5.92 Å². The molecule has 6 nitrogen and oxygen atoms in total. The monoisotopic (exact) mass is 391 g/mol. The van der Waals surface area contributed by atoms with Gasteiger partial charge in [0.1, 0.15) is 0 Å². The molecule has 0 fully saturated rings. The molecule has 0 heterocycles. The summed E-state index contributed by atoms with van der Waals surface area (Å²) in [6, 6.07) is 11.3. The standard InChI is InChI=1S/C18H18ClN3O3S/c1-3-11(2)13-6-4-5-7-16(13)20-18(26)21-17(23)14-10-12(22(24)25)8-9-15(14)19/h4-11H,3H2,1-2H3,(H2,20,21,23,26)/t11-/m0/s1. The van der Waals surface area contributed by atoms with Crippen molar-refractivity contribution in [3.63, 3.8) is 0 Å². The van der Waals surface area contributed by atoms with Gasteiger partial charge in [0.15, 0.2) is 5.11 Å². The summed E-state index contributed by atoms with van der Waals surface area (Å²) in [5.41, 5.74) is 1.65. The normalized spacial score (nSPS) is 11.5. The zero-order valence-corrected chi connectivity index (χ0v) is 15.9. The Morgan fingerprint density at radius 2 is 2.00 bits per heavy atom. The largest absolute Gasteiger partial charge is 0.332 e. The number of halogens is 1. The maximum absolute atomic E-state index is 12.4. The first-order chi connectivity index (χ1) is 12.3. The highest BCUT2D eigenvalue weighted by atomic mass is 35.5. The molecule has 2 rings (SSSR count). The summed E-state index contributed by atoms with van der Waals surface area (Å²) in [7, 11) is 0. The van der Waals surface area contributed by atoms with Crippen LogP contribution >= 0.6 is 23.8 Å². The number of non-ortho nitro benzene ring substituents is 1. The second-order valence-corrected chi connectivity index (χ2v) is 6.54. The molecule has 2 aromatic carbocycles. The summed E-state index contributed by atoms with van der Waals surface area (Å²) < 4.78 is 0. The maximum Gasteiger partial charge on any atom is 0.270 e. The molecular formula is C18H18ClN3O3S. The second kappa shape index (κ2) is 8.73. The summed E-state index contributed by atoms with van der Waals surface area (Å²) in [5.74, 6) is -0.291. The van der Waals surface area contributed by atoms with Gasteiger partial charge in [-0.25, -0.2) is 0 Å². The summed E-state index contributed by atoms with van der Waals surface area (Å²) >= 11 is 11.2. The lowest BCUT2D eigenvalue weighted by atomic mass is 9.97. The maximum atomic E-state index is 12.4. The third-order valence-electron chi connectivity index (χ3n) is 3.98. The Balaban J connectivity index is 2.15. The summed E-state index contributed by atoms with van der Waals surface area (Å²) in [5, 5.41) is 16.6. The quantitative estimate of drug-likeness (QED) is 0.430. The molecule has 0 aromatic heterocycles. The van der Waals surface area contributed by atoms with Crippen molar-refractivity contribution in [1.82, 2.24) is 5.32 Å². The number of thiocarbonyl (C=S) groups is 1. The van der Waals surface area contributed by atoms with Crippen molar-refractivity contribution in [2.75, 3.05) is 5.32 Å². The number of nitro benzene ring substituents is 1. The van der Waals surface area contributed by atoms with E-state index in [1.165, 1.54) is 12.1 Å². The van der Waals surface area contributed by atoms with Crippen LogP contribution in [-0.2, 0) is 0 Å². The van der Waals surface area contributed by atoms with Gasteiger partial charge in [0.05, 0.1) is 15.5 Å². The number of carbonyl (C=O) groups is 1. The molecule has 2 N–H and O–H groups in total. The Bertz CT molecular complexity index is 857. The fourth-order valence-corrected chi connectivity index (χ4v) is 2.79. The topological polar surface area (TPSA) is 84.3 Å². The number of para-hydroxylation sites is 1. The molecule has 0 bridgehead atoms. The molecule has 0 saturated heterocycles. The molecule has 1 amide bonds. The number of hydrogen-bond donors (Lipinski definition) is 2. The Morgan fingerprint density at radius 1 is 1.31 bits per heavy atom. The fourth-order valence-electron chi connectivity index (χ4n) is 2.39. The average molecular weight is 392 g/mol. The van der Waals surface area contributed by atoms with Crippen LogP contribution in [0.5, 0.6) is 0 Å². The second-order valence-electron chi connectivity index (χ2n) is 5.73.